The van der Waals surface area contributed by atoms with Gasteiger partial charge in [0.05, 0.1) is 6.54 Å². The summed E-state index contributed by atoms with van der Waals surface area (Å²) < 4.78 is 42.5. The van der Waals surface area contributed by atoms with E-state index in [4.69, 9.17) is 11.6 Å². The predicted molar refractivity (Wildman–Crippen MR) is 104 cm³/mol. The van der Waals surface area contributed by atoms with E-state index >= 15 is 0 Å². The van der Waals surface area contributed by atoms with Crippen molar-refractivity contribution in [1.82, 2.24) is 14.2 Å². The number of fused-ring (bicyclic) bond motifs is 1. The number of benzene rings is 1. The van der Waals surface area contributed by atoms with E-state index in [0.717, 1.165) is 18.2 Å². The Kier molecular flexibility index (Phi) is 5.70. The minimum atomic E-state index is -4.25. The van der Waals surface area contributed by atoms with Gasteiger partial charge in [-0.15, -0.1) is 0 Å². The molecule has 0 radical (unpaired) electrons. The zero-order chi connectivity index (χ0) is 21.5. The van der Waals surface area contributed by atoms with Gasteiger partial charge in [0.2, 0.25) is 15.5 Å². The summed E-state index contributed by atoms with van der Waals surface area (Å²) in [5.74, 6) is -2.22. The highest BCUT2D eigenvalue weighted by molar-refractivity contribution is 7.89. The van der Waals surface area contributed by atoms with Gasteiger partial charge in [0.25, 0.3) is 5.91 Å². The lowest BCUT2D eigenvalue weighted by Crippen LogP contribution is -2.46. The van der Waals surface area contributed by atoms with Gasteiger partial charge in [-0.3, -0.25) is 9.59 Å². The summed E-state index contributed by atoms with van der Waals surface area (Å²) in [6.07, 6.45) is 0. The first-order valence-electron chi connectivity index (χ1n) is 8.74. The van der Waals surface area contributed by atoms with E-state index < -0.39 is 37.8 Å². The Labute approximate surface area is 171 Å². The number of aromatic hydroxyl groups is 1. The van der Waals surface area contributed by atoms with Crippen LogP contribution in [0.5, 0.6) is 5.75 Å². The summed E-state index contributed by atoms with van der Waals surface area (Å²) in [7, 11) is -4.25. The van der Waals surface area contributed by atoms with Crippen LogP contribution in [0.15, 0.2) is 34.0 Å². The molecule has 0 unspecified atom stereocenters. The minimum absolute atomic E-state index is 0.0498. The maximum absolute atomic E-state index is 14.0. The van der Waals surface area contributed by atoms with Gasteiger partial charge in [0.15, 0.2) is 11.4 Å². The van der Waals surface area contributed by atoms with Gasteiger partial charge >= 0.3 is 0 Å². The number of rotatable bonds is 5. The largest absolute Gasteiger partial charge is 0.503 e. The quantitative estimate of drug-likeness (QED) is 0.731. The SMILES string of the molecule is CC(C)N1CCn2c(CNS(=O)(=O)c3ccc(Cl)cc3F)cc(=O)c(O)c2C1=O. The molecule has 2 aromatic rings. The third-order valence-electron chi connectivity index (χ3n) is 4.65. The number of nitrogens with one attached hydrogen (secondary N) is 1. The molecule has 0 spiro atoms. The fourth-order valence-electron chi connectivity index (χ4n) is 3.18. The molecule has 2 heterocycles. The number of carbonyl (C=O) groups excluding carboxylic acids is 1. The monoisotopic (exact) mass is 443 g/mol. The molecule has 0 saturated heterocycles. The minimum Gasteiger partial charge on any atom is -0.503 e. The standard InChI is InChI=1S/C18H19ClFN3O5S/c1-10(2)22-5-6-23-12(8-14(24)17(25)16(23)18(22)26)9-21-29(27,28)15-4-3-11(19)7-13(15)20/h3-4,7-8,10,21,25H,5-6,9H2,1-2H3. The second-order valence-corrected chi connectivity index (χ2v) is 9.01. The van der Waals surface area contributed by atoms with Crippen molar-refractivity contribution in [2.24, 2.45) is 0 Å². The van der Waals surface area contributed by atoms with Crippen LogP contribution in [0.3, 0.4) is 0 Å². The molecule has 0 saturated carbocycles. The number of aromatic nitrogens is 1. The molecule has 1 aromatic carbocycles. The topological polar surface area (TPSA) is 109 Å². The summed E-state index contributed by atoms with van der Waals surface area (Å²) >= 11 is 5.65. The Morgan fingerprint density at radius 1 is 1.24 bits per heavy atom. The molecule has 0 atom stereocenters. The van der Waals surface area contributed by atoms with Crippen molar-refractivity contribution in [3.63, 3.8) is 0 Å². The van der Waals surface area contributed by atoms with Crippen molar-refractivity contribution in [2.75, 3.05) is 6.54 Å². The van der Waals surface area contributed by atoms with Gasteiger partial charge in [0, 0.05) is 35.9 Å². The fraction of sp³-hybridized carbons (Fsp3) is 0.333. The maximum Gasteiger partial charge on any atom is 0.274 e. The van der Waals surface area contributed by atoms with Gasteiger partial charge in [-0.25, -0.2) is 17.5 Å². The van der Waals surface area contributed by atoms with Crippen LogP contribution in [0.1, 0.15) is 30.0 Å². The fourth-order valence-corrected chi connectivity index (χ4v) is 4.40. The summed E-state index contributed by atoms with van der Waals surface area (Å²) in [5.41, 5.74) is -0.816. The van der Waals surface area contributed by atoms with Crippen LogP contribution in [0, 0.1) is 5.82 Å². The molecule has 156 valence electrons. The Hall–Kier alpha value is -2.43. The van der Waals surface area contributed by atoms with Gasteiger partial charge in [-0.05, 0) is 32.0 Å². The van der Waals surface area contributed by atoms with Crippen LogP contribution in [0.4, 0.5) is 4.39 Å². The van der Waals surface area contributed by atoms with Gasteiger partial charge < -0.3 is 14.6 Å². The summed E-state index contributed by atoms with van der Waals surface area (Å²) in [4.78, 5) is 25.7. The Balaban J connectivity index is 1.96. The van der Waals surface area contributed by atoms with Gasteiger partial charge in [0.1, 0.15) is 10.7 Å². The van der Waals surface area contributed by atoms with Crippen LogP contribution in [-0.2, 0) is 23.1 Å². The Bertz CT molecular complexity index is 1150. The number of pyridine rings is 1. The highest BCUT2D eigenvalue weighted by Crippen LogP contribution is 2.23. The lowest BCUT2D eigenvalue weighted by molar-refractivity contribution is 0.0639. The highest BCUT2D eigenvalue weighted by Gasteiger charge is 2.31. The predicted octanol–water partition coefficient (Wildman–Crippen LogP) is 1.69. The van der Waals surface area contributed by atoms with Crippen molar-refractivity contribution in [3.05, 3.63) is 56.7 Å². The molecule has 8 nitrogen and oxygen atoms in total. The van der Waals surface area contributed by atoms with Gasteiger partial charge in [-0.2, -0.15) is 0 Å². The number of hydrogen-bond donors (Lipinski definition) is 2. The average molecular weight is 444 g/mol. The number of amides is 1. The molecular formula is C18H19ClFN3O5S. The van der Waals surface area contributed by atoms with Crippen LogP contribution in [0.2, 0.25) is 5.02 Å². The first-order valence-corrected chi connectivity index (χ1v) is 10.6. The molecule has 2 N–H and O–H groups in total. The normalized spacial score (nSPS) is 14.4. The molecule has 1 amide bonds. The second-order valence-electron chi connectivity index (χ2n) is 6.84. The van der Waals surface area contributed by atoms with Crippen molar-refractivity contribution in [1.29, 1.82) is 0 Å². The van der Waals surface area contributed by atoms with E-state index in [0.29, 0.717) is 6.54 Å². The van der Waals surface area contributed by atoms with Crippen molar-refractivity contribution >= 4 is 27.5 Å². The summed E-state index contributed by atoms with van der Waals surface area (Å²) in [5, 5.41) is 10.2. The molecule has 1 aromatic heterocycles. The van der Waals surface area contributed by atoms with Crippen LogP contribution in [-0.4, -0.2) is 41.5 Å². The molecule has 0 bridgehead atoms. The third kappa shape index (κ3) is 4.00. The first kappa shape index (κ1) is 21.3. The number of nitrogens with zero attached hydrogens (tertiary/aromatic N) is 2. The lowest BCUT2D eigenvalue weighted by atomic mass is 10.1. The van der Waals surface area contributed by atoms with E-state index in [-0.39, 0.29) is 35.5 Å². The number of carbonyl (C=O) groups is 1. The Morgan fingerprint density at radius 3 is 2.55 bits per heavy atom. The summed E-state index contributed by atoms with van der Waals surface area (Å²) in [6.45, 7) is 3.83. The molecule has 3 rings (SSSR count). The first-order chi connectivity index (χ1) is 13.5. The van der Waals surface area contributed by atoms with Crippen LogP contribution < -0.4 is 10.2 Å². The van der Waals surface area contributed by atoms with Crippen molar-refractivity contribution in [2.45, 2.75) is 37.9 Å². The molecule has 0 fully saturated rings. The molecule has 1 aliphatic rings. The Morgan fingerprint density at radius 2 is 1.93 bits per heavy atom. The van der Waals surface area contributed by atoms with Crippen LogP contribution in [0.25, 0.3) is 0 Å². The number of sulfonamides is 1. The van der Waals surface area contributed by atoms with E-state index in [1.54, 1.807) is 13.8 Å². The van der Waals surface area contributed by atoms with Gasteiger partial charge in [-0.1, -0.05) is 11.6 Å². The van der Waals surface area contributed by atoms with Crippen molar-refractivity contribution < 1.29 is 22.7 Å². The maximum atomic E-state index is 14.0. The number of hydrogen-bond acceptors (Lipinski definition) is 5. The molecule has 1 aliphatic heterocycles. The zero-order valence-corrected chi connectivity index (χ0v) is 17.2. The lowest BCUT2D eigenvalue weighted by Gasteiger charge is -2.34. The smallest absolute Gasteiger partial charge is 0.274 e. The molecule has 0 aliphatic carbocycles. The molecular weight excluding hydrogens is 425 g/mol. The van der Waals surface area contributed by atoms with Crippen molar-refractivity contribution in [3.8, 4) is 5.75 Å². The number of halogens is 2. The average Bonchev–Trinajstić information content (AvgIpc) is 2.62. The highest BCUT2D eigenvalue weighted by atomic mass is 35.5. The van der Waals surface area contributed by atoms with E-state index in [1.807, 2.05) is 0 Å². The molecule has 11 heteroatoms. The van der Waals surface area contributed by atoms with E-state index in [9.17, 15) is 27.5 Å². The van der Waals surface area contributed by atoms with E-state index in [2.05, 4.69) is 4.72 Å². The summed E-state index contributed by atoms with van der Waals surface area (Å²) in [6, 6.07) is 4.06. The third-order valence-corrected chi connectivity index (χ3v) is 6.32. The zero-order valence-electron chi connectivity index (χ0n) is 15.6. The van der Waals surface area contributed by atoms with E-state index in [1.165, 1.54) is 15.5 Å². The molecule has 29 heavy (non-hydrogen) atoms. The van der Waals surface area contributed by atoms with Crippen LogP contribution >= 0.6 is 11.6 Å². The second kappa shape index (κ2) is 7.77.